The highest BCUT2D eigenvalue weighted by Gasteiger charge is 2.22. The van der Waals surface area contributed by atoms with Gasteiger partial charge in [0.15, 0.2) is 10.6 Å². The fraction of sp³-hybridized carbons (Fsp3) is 0.400. The van der Waals surface area contributed by atoms with Crippen LogP contribution in [0.15, 0.2) is 38.2 Å². The number of nitrogens with zero attached hydrogens (tertiary/aromatic N) is 1. The van der Waals surface area contributed by atoms with E-state index < -0.39 is 10.8 Å². The molecule has 4 nitrogen and oxygen atoms in total. The Bertz CT molecular complexity index is 648. The standard InChI is InChI=1S/C15H17BrN2O2S/c1-21(19)12-4-2-10(3-5-12)13-14(16)20-15(18-13)11-6-8-17-9-7-11/h2-5,11,17H,6-9H2,1H3. The average molecular weight is 369 g/mol. The van der Waals surface area contributed by atoms with Gasteiger partial charge < -0.3 is 9.73 Å². The molecule has 1 aliphatic rings. The summed E-state index contributed by atoms with van der Waals surface area (Å²) in [6, 6.07) is 7.62. The first kappa shape index (κ1) is 14.9. The van der Waals surface area contributed by atoms with Crippen molar-refractivity contribution >= 4 is 26.7 Å². The quantitative estimate of drug-likeness (QED) is 0.902. The van der Waals surface area contributed by atoms with E-state index in [2.05, 4.69) is 26.2 Å². The fourth-order valence-corrected chi connectivity index (χ4v) is 3.55. The van der Waals surface area contributed by atoms with Gasteiger partial charge in [0.1, 0.15) is 5.69 Å². The van der Waals surface area contributed by atoms with Crippen molar-refractivity contribution < 1.29 is 8.63 Å². The van der Waals surface area contributed by atoms with E-state index in [0.29, 0.717) is 10.6 Å². The van der Waals surface area contributed by atoms with E-state index in [1.165, 1.54) is 0 Å². The Morgan fingerprint density at radius 1 is 1.29 bits per heavy atom. The van der Waals surface area contributed by atoms with Gasteiger partial charge in [-0.05, 0) is 54.0 Å². The summed E-state index contributed by atoms with van der Waals surface area (Å²) in [4.78, 5) is 5.48. The molecule has 2 heterocycles. The van der Waals surface area contributed by atoms with Crippen LogP contribution in [0.2, 0.25) is 0 Å². The van der Waals surface area contributed by atoms with Gasteiger partial charge in [-0.25, -0.2) is 4.98 Å². The molecule has 2 aromatic rings. The van der Waals surface area contributed by atoms with Crippen molar-refractivity contribution in [2.45, 2.75) is 23.7 Å². The SMILES string of the molecule is CS(=O)c1ccc(-c2nc(C3CCNCC3)oc2Br)cc1. The van der Waals surface area contributed by atoms with Crippen LogP contribution in [0.1, 0.15) is 24.7 Å². The zero-order valence-corrected chi connectivity index (χ0v) is 14.2. The lowest BCUT2D eigenvalue weighted by atomic mass is 9.98. The molecule has 1 saturated heterocycles. The molecule has 1 aliphatic heterocycles. The molecule has 6 heteroatoms. The van der Waals surface area contributed by atoms with E-state index in [-0.39, 0.29) is 0 Å². The van der Waals surface area contributed by atoms with E-state index >= 15 is 0 Å². The first-order chi connectivity index (χ1) is 10.1. The largest absolute Gasteiger partial charge is 0.433 e. The summed E-state index contributed by atoms with van der Waals surface area (Å²) in [6.07, 6.45) is 3.79. The Labute approximate surface area is 134 Å². The van der Waals surface area contributed by atoms with E-state index in [9.17, 15) is 4.21 Å². The number of hydrogen-bond acceptors (Lipinski definition) is 4. The van der Waals surface area contributed by atoms with Crippen molar-refractivity contribution in [2.75, 3.05) is 19.3 Å². The molecule has 112 valence electrons. The molecular formula is C15H17BrN2O2S. The summed E-state index contributed by atoms with van der Waals surface area (Å²) in [6.45, 7) is 2.02. The summed E-state index contributed by atoms with van der Waals surface area (Å²) in [5, 5.41) is 3.34. The second-order valence-electron chi connectivity index (χ2n) is 5.18. The van der Waals surface area contributed by atoms with E-state index in [1.807, 2.05) is 24.3 Å². The molecule has 1 aromatic carbocycles. The lowest BCUT2D eigenvalue weighted by Gasteiger charge is -2.19. The Morgan fingerprint density at radius 2 is 1.95 bits per heavy atom. The highest BCUT2D eigenvalue weighted by molar-refractivity contribution is 9.10. The number of oxazole rings is 1. The number of halogens is 1. The lowest BCUT2D eigenvalue weighted by molar-refractivity contribution is 0.367. The zero-order chi connectivity index (χ0) is 14.8. The lowest BCUT2D eigenvalue weighted by Crippen LogP contribution is -2.26. The number of benzene rings is 1. The molecule has 1 fully saturated rings. The molecule has 0 bridgehead atoms. The highest BCUT2D eigenvalue weighted by atomic mass is 79.9. The van der Waals surface area contributed by atoms with Crippen molar-refractivity contribution in [3.05, 3.63) is 34.8 Å². The van der Waals surface area contributed by atoms with Gasteiger partial charge in [0, 0.05) is 33.4 Å². The monoisotopic (exact) mass is 368 g/mol. The molecule has 1 N–H and O–H groups in total. The maximum Gasteiger partial charge on any atom is 0.199 e. The van der Waals surface area contributed by atoms with Crippen LogP contribution in [0.4, 0.5) is 0 Å². The number of piperidine rings is 1. The van der Waals surface area contributed by atoms with Crippen molar-refractivity contribution in [3.8, 4) is 11.3 Å². The minimum Gasteiger partial charge on any atom is -0.433 e. The molecule has 3 rings (SSSR count). The minimum absolute atomic E-state index is 0.388. The van der Waals surface area contributed by atoms with Gasteiger partial charge in [-0.15, -0.1) is 0 Å². The Balaban J connectivity index is 1.88. The van der Waals surface area contributed by atoms with Crippen LogP contribution >= 0.6 is 15.9 Å². The molecule has 0 amide bonds. The van der Waals surface area contributed by atoms with E-state index in [4.69, 9.17) is 4.42 Å². The topological polar surface area (TPSA) is 55.1 Å². The van der Waals surface area contributed by atoms with Crippen LogP contribution in [-0.4, -0.2) is 28.5 Å². The highest BCUT2D eigenvalue weighted by Crippen LogP contribution is 2.34. The second kappa shape index (κ2) is 6.42. The summed E-state index contributed by atoms with van der Waals surface area (Å²) < 4.78 is 17.9. The van der Waals surface area contributed by atoms with Crippen LogP contribution in [0.25, 0.3) is 11.3 Å². The smallest absolute Gasteiger partial charge is 0.199 e. The van der Waals surface area contributed by atoms with Gasteiger partial charge in [-0.2, -0.15) is 0 Å². The number of aromatic nitrogens is 1. The third kappa shape index (κ3) is 3.27. The summed E-state index contributed by atoms with van der Waals surface area (Å²) >= 11 is 3.46. The molecule has 1 atom stereocenters. The van der Waals surface area contributed by atoms with Gasteiger partial charge in [0.25, 0.3) is 0 Å². The molecule has 1 unspecified atom stereocenters. The Kier molecular flexibility index (Phi) is 4.57. The normalized spacial score (nSPS) is 17.8. The van der Waals surface area contributed by atoms with Gasteiger partial charge in [-0.1, -0.05) is 12.1 Å². The summed E-state index contributed by atoms with van der Waals surface area (Å²) in [5.41, 5.74) is 1.79. The molecule has 21 heavy (non-hydrogen) atoms. The van der Waals surface area contributed by atoms with Crippen molar-refractivity contribution in [3.63, 3.8) is 0 Å². The second-order valence-corrected chi connectivity index (χ2v) is 7.28. The summed E-state index contributed by atoms with van der Waals surface area (Å²) in [5.74, 6) is 1.19. The Morgan fingerprint density at radius 3 is 2.57 bits per heavy atom. The Hall–Kier alpha value is -0.980. The minimum atomic E-state index is -0.960. The zero-order valence-electron chi connectivity index (χ0n) is 11.8. The molecule has 0 saturated carbocycles. The number of hydrogen-bond donors (Lipinski definition) is 1. The van der Waals surface area contributed by atoms with E-state index in [1.54, 1.807) is 6.26 Å². The fourth-order valence-electron chi connectivity index (χ4n) is 2.54. The van der Waals surface area contributed by atoms with Crippen LogP contribution in [-0.2, 0) is 10.8 Å². The van der Waals surface area contributed by atoms with Gasteiger partial charge >= 0.3 is 0 Å². The molecule has 0 spiro atoms. The predicted molar refractivity (Wildman–Crippen MR) is 86.8 cm³/mol. The maximum absolute atomic E-state index is 11.4. The van der Waals surface area contributed by atoms with Crippen LogP contribution in [0.3, 0.4) is 0 Å². The van der Waals surface area contributed by atoms with Crippen molar-refractivity contribution in [2.24, 2.45) is 0 Å². The number of rotatable bonds is 3. The molecule has 0 aliphatic carbocycles. The number of nitrogens with one attached hydrogen (secondary N) is 1. The van der Waals surface area contributed by atoms with Crippen molar-refractivity contribution in [1.82, 2.24) is 10.3 Å². The molecule has 0 radical (unpaired) electrons. The average Bonchev–Trinajstić information content (AvgIpc) is 2.90. The third-order valence-corrected chi connectivity index (χ3v) is 5.22. The predicted octanol–water partition coefficient (Wildman–Crippen LogP) is 3.31. The molecular weight excluding hydrogens is 352 g/mol. The first-order valence-corrected chi connectivity index (χ1v) is 9.31. The third-order valence-electron chi connectivity index (χ3n) is 3.75. The van der Waals surface area contributed by atoms with Crippen molar-refractivity contribution in [1.29, 1.82) is 0 Å². The maximum atomic E-state index is 11.4. The van der Waals surface area contributed by atoms with Crippen LogP contribution in [0.5, 0.6) is 0 Å². The molecule has 1 aromatic heterocycles. The summed E-state index contributed by atoms with van der Waals surface area (Å²) in [7, 11) is -0.960. The van der Waals surface area contributed by atoms with Gasteiger partial charge in [0.2, 0.25) is 0 Å². The van der Waals surface area contributed by atoms with Gasteiger partial charge in [-0.3, -0.25) is 4.21 Å². The first-order valence-electron chi connectivity index (χ1n) is 6.96. The van der Waals surface area contributed by atoms with Crippen LogP contribution in [0, 0.1) is 0 Å². The van der Waals surface area contributed by atoms with Crippen LogP contribution < -0.4 is 5.32 Å². The van der Waals surface area contributed by atoms with E-state index in [0.717, 1.165) is 48.0 Å². The van der Waals surface area contributed by atoms with Gasteiger partial charge in [0.05, 0.1) is 0 Å².